The van der Waals surface area contributed by atoms with Gasteiger partial charge in [-0.15, -0.1) is 0 Å². The molecule has 2 atom stereocenters. The van der Waals surface area contributed by atoms with Crippen LogP contribution in [0.2, 0.25) is 0 Å². The molecule has 0 saturated carbocycles. The Hall–Kier alpha value is -1.92. The van der Waals surface area contributed by atoms with Gasteiger partial charge in [0.25, 0.3) is 0 Å². The van der Waals surface area contributed by atoms with Crippen LogP contribution in [-0.2, 0) is 16.0 Å². The zero-order valence-electron chi connectivity index (χ0n) is 14.7. The van der Waals surface area contributed by atoms with Gasteiger partial charge in [-0.25, -0.2) is 0 Å². The Morgan fingerprint density at radius 3 is 2.84 bits per heavy atom. The summed E-state index contributed by atoms with van der Waals surface area (Å²) in [5.74, 6) is 0.685. The van der Waals surface area contributed by atoms with Crippen molar-refractivity contribution in [3.05, 3.63) is 30.0 Å². The summed E-state index contributed by atoms with van der Waals surface area (Å²) in [7, 11) is 0. The first-order chi connectivity index (χ1) is 12.3. The Morgan fingerprint density at radius 2 is 2.04 bits per heavy atom. The number of carbonyl (C=O) groups excluding carboxylic acids is 1. The number of nitrogens with zero attached hydrogens (tertiary/aromatic N) is 3. The maximum atomic E-state index is 12.8. The number of carbonyl (C=O) groups is 1. The molecule has 1 amide bonds. The van der Waals surface area contributed by atoms with Gasteiger partial charge in [-0.2, -0.15) is 0 Å². The lowest BCUT2D eigenvalue weighted by Gasteiger charge is -2.34. The van der Waals surface area contributed by atoms with Gasteiger partial charge in [0, 0.05) is 37.6 Å². The highest BCUT2D eigenvalue weighted by Crippen LogP contribution is 2.27. The third kappa shape index (κ3) is 3.28. The smallest absolute Gasteiger partial charge is 0.228 e. The second kappa shape index (κ2) is 7.14. The molecule has 0 aliphatic carbocycles. The van der Waals surface area contributed by atoms with Gasteiger partial charge in [-0.05, 0) is 18.1 Å². The number of para-hydroxylation sites is 1. The van der Waals surface area contributed by atoms with Crippen molar-refractivity contribution >= 4 is 16.9 Å². The van der Waals surface area contributed by atoms with E-state index >= 15 is 0 Å². The number of hydrogen-bond acceptors (Lipinski definition) is 5. The van der Waals surface area contributed by atoms with Crippen LogP contribution in [0.25, 0.3) is 11.0 Å². The number of morpholine rings is 1. The second-order valence-electron chi connectivity index (χ2n) is 6.98. The minimum Gasteiger partial charge on any atom is -0.379 e. The van der Waals surface area contributed by atoms with Crippen molar-refractivity contribution in [3.8, 4) is 0 Å². The quantitative estimate of drug-likeness (QED) is 0.849. The zero-order chi connectivity index (χ0) is 17.2. The van der Waals surface area contributed by atoms with Gasteiger partial charge >= 0.3 is 0 Å². The van der Waals surface area contributed by atoms with E-state index in [1.54, 1.807) is 0 Å². The van der Waals surface area contributed by atoms with E-state index in [2.05, 4.69) is 17.0 Å². The lowest BCUT2D eigenvalue weighted by molar-refractivity contribution is -0.129. The van der Waals surface area contributed by atoms with E-state index in [1.165, 1.54) is 0 Å². The van der Waals surface area contributed by atoms with Crippen LogP contribution in [0.1, 0.15) is 19.0 Å². The van der Waals surface area contributed by atoms with Crippen LogP contribution in [-0.4, -0.2) is 66.3 Å². The summed E-state index contributed by atoms with van der Waals surface area (Å²) in [6.45, 7) is 7.41. The Balaban J connectivity index is 1.45. The summed E-state index contributed by atoms with van der Waals surface area (Å²) in [5.41, 5.74) is 1.48. The van der Waals surface area contributed by atoms with Gasteiger partial charge in [-0.1, -0.05) is 30.6 Å². The second-order valence-corrected chi connectivity index (χ2v) is 6.98. The van der Waals surface area contributed by atoms with Crippen molar-refractivity contribution < 1.29 is 14.1 Å². The molecule has 6 heteroatoms. The fourth-order valence-corrected chi connectivity index (χ4v) is 4.10. The zero-order valence-corrected chi connectivity index (χ0v) is 14.7. The number of fused-ring (bicyclic) bond motifs is 1. The SMILES string of the molecule is CC[C@@H]1CN(C(=O)Cc2noc3ccccc23)C[C@@H]1N1CCOCC1. The van der Waals surface area contributed by atoms with Crippen LogP contribution in [0.15, 0.2) is 28.8 Å². The molecule has 1 aromatic heterocycles. The molecule has 0 N–H and O–H groups in total. The average Bonchev–Trinajstić information content (AvgIpc) is 3.27. The monoisotopic (exact) mass is 343 g/mol. The number of likely N-dealkylation sites (tertiary alicyclic amines) is 1. The maximum absolute atomic E-state index is 12.8. The average molecular weight is 343 g/mol. The normalized spacial score (nSPS) is 24.9. The van der Waals surface area contributed by atoms with Crippen LogP contribution < -0.4 is 0 Å². The summed E-state index contributed by atoms with van der Waals surface area (Å²) in [5, 5.41) is 5.04. The molecular weight excluding hydrogens is 318 g/mol. The van der Waals surface area contributed by atoms with Crippen LogP contribution >= 0.6 is 0 Å². The van der Waals surface area contributed by atoms with E-state index in [-0.39, 0.29) is 5.91 Å². The third-order valence-electron chi connectivity index (χ3n) is 5.57. The van der Waals surface area contributed by atoms with Crippen molar-refractivity contribution in [3.63, 3.8) is 0 Å². The van der Waals surface area contributed by atoms with Crippen molar-refractivity contribution in [2.75, 3.05) is 39.4 Å². The highest BCUT2D eigenvalue weighted by Gasteiger charge is 2.38. The predicted octanol–water partition coefficient (Wildman–Crippen LogP) is 1.94. The molecule has 0 spiro atoms. The number of benzene rings is 1. The number of rotatable bonds is 4. The number of amides is 1. The standard InChI is InChI=1S/C19H25N3O3/c1-2-14-12-22(13-17(14)21-7-9-24-10-8-21)19(23)11-16-15-5-3-4-6-18(15)25-20-16/h3-6,14,17H,2,7-13H2,1H3/t14-,17+/m1/s1. The van der Waals surface area contributed by atoms with Crippen LogP contribution in [0.3, 0.4) is 0 Å². The van der Waals surface area contributed by atoms with E-state index in [1.807, 2.05) is 29.2 Å². The molecule has 3 heterocycles. The molecule has 2 aliphatic heterocycles. The molecular formula is C19H25N3O3. The Bertz CT molecular complexity index is 738. The van der Waals surface area contributed by atoms with Gasteiger partial charge in [0.05, 0.1) is 19.6 Å². The fourth-order valence-electron chi connectivity index (χ4n) is 4.10. The van der Waals surface area contributed by atoms with E-state index in [0.717, 1.165) is 62.5 Å². The Labute approximate surface area is 147 Å². The highest BCUT2D eigenvalue weighted by molar-refractivity contribution is 5.86. The van der Waals surface area contributed by atoms with E-state index in [4.69, 9.17) is 9.26 Å². The molecule has 25 heavy (non-hydrogen) atoms. The van der Waals surface area contributed by atoms with Gasteiger partial charge in [0.15, 0.2) is 5.58 Å². The van der Waals surface area contributed by atoms with E-state index in [9.17, 15) is 4.79 Å². The predicted molar refractivity (Wildman–Crippen MR) is 94.3 cm³/mol. The molecule has 0 unspecified atom stereocenters. The molecule has 2 aromatic rings. The van der Waals surface area contributed by atoms with Crippen molar-refractivity contribution in [1.29, 1.82) is 0 Å². The minimum atomic E-state index is 0.147. The van der Waals surface area contributed by atoms with Gasteiger partial charge < -0.3 is 14.2 Å². The summed E-state index contributed by atoms with van der Waals surface area (Å²) < 4.78 is 10.8. The molecule has 0 bridgehead atoms. The van der Waals surface area contributed by atoms with Crippen LogP contribution in [0.4, 0.5) is 0 Å². The molecule has 0 radical (unpaired) electrons. The summed E-state index contributed by atoms with van der Waals surface area (Å²) in [4.78, 5) is 17.4. The van der Waals surface area contributed by atoms with Crippen molar-refractivity contribution in [2.45, 2.75) is 25.8 Å². The summed E-state index contributed by atoms with van der Waals surface area (Å²) >= 11 is 0. The Kier molecular flexibility index (Phi) is 4.72. The molecule has 2 aliphatic rings. The molecule has 6 nitrogen and oxygen atoms in total. The summed E-state index contributed by atoms with van der Waals surface area (Å²) in [6.07, 6.45) is 1.40. The number of ether oxygens (including phenoxy) is 1. The molecule has 1 aromatic carbocycles. The number of aromatic nitrogens is 1. The topological polar surface area (TPSA) is 58.8 Å². The van der Waals surface area contributed by atoms with Crippen LogP contribution in [0, 0.1) is 5.92 Å². The lowest BCUT2D eigenvalue weighted by Crippen LogP contribution is -2.47. The van der Waals surface area contributed by atoms with Crippen molar-refractivity contribution in [2.24, 2.45) is 5.92 Å². The van der Waals surface area contributed by atoms with Gasteiger partial charge in [0.1, 0.15) is 5.69 Å². The molecule has 2 saturated heterocycles. The minimum absolute atomic E-state index is 0.147. The van der Waals surface area contributed by atoms with E-state index in [0.29, 0.717) is 18.4 Å². The van der Waals surface area contributed by atoms with Gasteiger partial charge in [0.2, 0.25) is 5.91 Å². The molecule has 134 valence electrons. The first-order valence-corrected chi connectivity index (χ1v) is 9.19. The largest absolute Gasteiger partial charge is 0.379 e. The first-order valence-electron chi connectivity index (χ1n) is 9.19. The molecule has 4 rings (SSSR count). The van der Waals surface area contributed by atoms with Gasteiger partial charge in [-0.3, -0.25) is 9.69 Å². The van der Waals surface area contributed by atoms with E-state index < -0.39 is 0 Å². The Morgan fingerprint density at radius 1 is 1.24 bits per heavy atom. The summed E-state index contributed by atoms with van der Waals surface area (Å²) in [6, 6.07) is 8.16. The number of hydrogen-bond donors (Lipinski definition) is 0. The maximum Gasteiger partial charge on any atom is 0.228 e. The fraction of sp³-hybridized carbons (Fsp3) is 0.579. The third-order valence-corrected chi connectivity index (χ3v) is 5.57. The highest BCUT2D eigenvalue weighted by atomic mass is 16.5. The van der Waals surface area contributed by atoms with Crippen molar-refractivity contribution in [1.82, 2.24) is 15.0 Å². The van der Waals surface area contributed by atoms with Crippen LogP contribution in [0.5, 0.6) is 0 Å². The molecule has 2 fully saturated rings. The lowest BCUT2D eigenvalue weighted by atomic mass is 9.99. The first kappa shape index (κ1) is 16.5.